The van der Waals surface area contributed by atoms with Crippen molar-refractivity contribution >= 4 is 16.4 Å². The fourth-order valence-electron chi connectivity index (χ4n) is 2.50. The first-order valence-electron chi connectivity index (χ1n) is 6.80. The van der Waals surface area contributed by atoms with Gasteiger partial charge in [-0.3, -0.25) is 9.78 Å². The van der Waals surface area contributed by atoms with Crippen LogP contribution in [0.1, 0.15) is 29.6 Å². The van der Waals surface area contributed by atoms with Crippen LogP contribution < -0.4 is 4.18 Å². The molecule has 1 unspecified atom stereocenters. The van der Waals surface area contributed by atoms with Gasteiger partial charge < -0.3 is 13.8 Å². The zero-order chi connectivity index (χ0) is 16.2. The summed E-state index contributed by atoms with van der Waals surface area (Å²) in [7, 11) is -3.58. The van der Waals surface area contributed by atoms with E-state index in [1.165, 1.54) is 6.20 Å². The summed E-state index contributed by atoms with van der Waals surface area (Å²) in [5.74, 6) is -0.649. The van der Waals surface area contributed by atoms with Crippen molar-refractivity contribution in [1.29, 1.82) is 0 Å². The van der Waals surface area contributed by atoms with Gasteiger partial charge >= 0.3 is 10.5 Å². The van der Waals surface area contributed by atoms with Gasteiger partial charge in [0, 0.05) is 19.9 Å². The van der Waals surface area contributed by atoms with E-state index in [1.54, 1.807) is 12.0 Å². The van der Waals surface area contributed by atoms with Crippen LogP contribution in [-0.4, -0.2) is 50.5 Å². The topological polar surface area (TPSA) is 85.8 Å². The van der Waals surface area contributed by atoms with Crippen LogP contribution in [0.3, 0.4) is 0 Å². The highest BCUT2D eigenvalue weighted by Gasteiger charge is 2.28. The van der Waals surface area contributed by atoms with Crippen molar-refractivity contribution in [3.8, 4) is 5.75 Å². The minimum atomic E-state index is -5.15. The van der Waals surface area contributed by atoms with Crippen LogP contribution in [0, 0.1) is 0 Å². The molecule has 1 amide bonds. The standard InChI is InChI=1S/C13H17FN2O5S/c1-20-9-11-4-2-3-5-16(11)13(17)10-6-12(8-15-7-10)21-22(14,18)19/h6-8,11H,2-5,9H2,1H3. The van der Waals surface area contributed by atoms with Gasteiger partial charge in [-0.25, -0.2) is 0 Å². The quantitative estimate of drug-likeness (QED) is 0.756. The van der Waals surface area contributed by atoms with E-state index >= 15 is 0 Å². The zero-order valence-electron chi connectivity index (χ0n) is 12.1. The Morgan fingerprint density at radius 1 is 1.45 bits per heavy atom. The molecule has 1 fully saturated rings. The molecule has 2 heterocycles. The molecule has 0 aliphatic carbocycles. The van der Waals surface area contributed by atoms with Crippen LogP contribution in [0.4, 0.5) is 3.89 Å². The summed E-state index contributed by atoms with van der Waals surface area (Å²) in [5, 5.41) is 0. The number of amides is 1. The van der Waals surface area contributed by atoms with Gasteiger partial charge in [0.25, 0.3) is 5.91 Å². The van der Waals surface area contributed by atoms with Crippen molar-refractivity contribution in [2.45, 2.75) is 25.3 Å². The van der Waals surface area contributed by atoms with Crippen LogP contribution in [0.5, 0.6) is 5.75 Å². The van der Waals surface area contributed by atoms with E-state index in [4.69, 9.17) is 4.74 Å². The number of aromatic nitrogens is 1. The largest absolute Gasteiger partial charge is 0.488 e. The number of rotatable bonds is 5. The maximum absolute atomic E-state index is 12.5. The van der Waals surface area contributed by atoms with Crippen LogP contribution in [-0.2, 0) is 15.2 Å². The first-order chi connectivity index (χ1) is 10.4. The monoisotopic (exact) mass is 332 g/mol. The fraction of sp³-hybridized carbons (Fsp3) is 0.538. The molecule has 2 rings (SSSR count). The first kappa shape index (κ1) is 16.6. The number of nitrogens with zero attached hydrogens (tertiary/aromatic N) is 2. The Kier molecular flexibility index (Phi) is 5.30. The second kappa shape index (κ2) is 7.01. The van der Waals surface area contributed by atoms with Crippen molar-refractivity contribution in [3.05, 3.63) is 24.0 Å². The lowest BCUT2D eigenvalue weighted by Gasteiger charge is -2.35. The van der Waals surface area contributed by atoms with Gasteiger partial charge in [0.2, 0.25) is 0 Å². The number of hydrogen-bond acceptors (Lipinski definition) is 6. The average Bonchev–Trinajstić information content (AvgIpc) is 2.46. The summed E-state index contributed by atoms with van der Waals surface area (Å²) in [6.45, 7) is 1.01. The fourth-order valence-corrected chi connectivity index (χ4v) is 2.82. The Hall–Kier alpha value is -1.74. The molecule has 1 aromatic heterocycles. The molecular formula is C13H17FN2O5S. The number of likely N-dealkylation sites (tertiary alicyclic amines) is 1. The molecule has 0 bridgehead atoms. The Labute approximate surface area is 128 Å². The maximum Gasteiger partial charge on any atom is 0.488 e. The van der Waals surface area contributed by atoms with Crippen molar-refractivity contribution < 1.29 is 26.0 Å². The molecule has 1 aliphatic heterocycles. The second-order valence-electron chi connectivity index (χ2n) is 4.99. The normalized spacial score (nSPS) is 19.0. The van der Waals surface area contributed by atoms with E-state index in [-0.39, 0.29) is 23.3 Å². The van der Waals surface area contributed by atoms with Crippen LogP contribution >= 0.6 is 0 Å². The summed E-state index contributed by atoms with van der Waals surface area (Å²) in [6.07, 6.45) is 5.05. The van der Waals surface area contributed by atoms with Crippen LogP contribution in [0.25, 0.3) is 0 Å². The third-order valence-corrected chi connectivity index (χ3v) is 3.79. The predicted octanol–water partition coefficient (Wildman–Crippen LogP) is 1.32. The molecule has 1 saturated heterocycles. The summed E-state index contributed by atoms with van der Waals surface area (Å²) >= 11 is 0. The van der Waals surface area contributed by atoms with Crippen molar-refractivity contribution in [1.82, 2.24) is 9.88 Å². The lowest BCUT2D eigenvalue weighted by molar-refractivity contribution is 0.0427. The molecule has 0 N–H and O–H groups in total. The molecule has 0 aromatic carbocycles. The smallest absolute Gasteiger partial charge is 0.383 e. The average molecular weight is 332 g/mol. The van der Waals surface area contributed by atoms with E-state index in [0.29, 0.717) is 13.2 Å². The lowest BCUT2D eigenvalue weighted by atomic mass is 10.0. The van der Waals surface area contributed by atoms with E-state index in [0.717, 1.165) is 31.5 Å². The van der Waals surface area contributed by atoms with Gasteiger partial charge in [-0.1, -0.05) is 3.89 Å². The molecule has 22 heavy (non-hydrogen) atoms. The van der Waals surface area contributed by atoms with Gasteiger partial charge in [-0.2, -0.15) is 8.42 Å². The number of piperidine rings is 1. The SMILES string of the molecule is COCC1CCCCN1C(=O)c1cncc(OS(=O)(=O)F)c1. The molecule has 1 aromatic rings. The van der Waals surface area contributed by atoms with E-state index < -0.39 is 10.5 Å². The number of methoxy groups -OCH3 is 1. The van der Waals surface area contributed by atoms with Crippen molar-refractivity contribution in [2.24, 2.45) is 0 Å². The molecule has 122 valence electrons. The third-order valence-electron chi connectivity index (χ3n) is 3.40. The summed E-state index contributed by atoms with van der Waals surface area (Å²) < 4.78 is 42.7. The van der Waals surface area contributed by atoms with Gasteiger partial charge in [0.05, 0.1) is 24.4 Å². The Morgan fingerprint density at radius 2 is 2.23 bits per heavy atom. The van der Waals surface area contributed by atoms with Crippen molar-refractivity contribution in [3.63, 3.8) is 0 Å². The van der Waals surface area contributed by atoms with Gasteiger partial charge in [0.1, 0.15) is 0 Å². The molecule has 0 spiro atoms. The number of ether oxygens (including phenoxy) is 1. The van der Waals surface area contributed by atoms with E-state index in [2.05, 4.69) is 9.17 Å². The summed E-state index contributed by atoms with van der Waals surface area (Å²) in [4.78, 5) is 17.9. The Balaban J connectivity index is 2.19. The maximum atomic E-state index is 12.5. The predicted molar refractivity (Wildman–Crippen MR) is 75.4 cm³/mol. The number of pyridine rings is 1. The number of halogens is 1. The van der Waals surface area contributed by atoms with Gasteiger partial charge in [-0.15, -0.1) is 0 Å². The van der Waals surface area contributed by atoms with E-state index in [1.807, 2.05) is 0 Å². The van der Waals surface area contributed by atoms with Gasteiger partial charge in [0.15, 0.2) is 5.75 Å². The lowest BCUT2D eigenvalue weighted by Crippen LogP contribution is -2.46. The minimum Gasteiger partial charge on any atom is -0.383 e. The highest BCUT2D eigenvalue weighted by molar-refractivity contribution is 7.81. The second-order valence-corrected chi connectivity index (χ2v) is 5.94. The summed E-state index contributed by atoms with van der Waals surface area (Å²) in [5.41, 5.74) is 0.143. The Morgan fingerprint density at radius 3 is 2.91 bits per heavy atom. The first-order valence-corrected chi connectivity index (χ1v) is 8.10. The molecule has 0 radical (unpaired) electrons. The molecule has 1 atom stereocenters. The minimum absolute atomic E-state index is 0.0410. The molecule has 7 nitrogen and oxygen atoms in total. The summed E-state index contributed by atoms with van der Waals surface area (Å²) in [6, 6.07) is 1.12. The zero-order valence-corrected chi connectivity index (χ0v) is 12.9. The number of carbonyl (C=O) groups excluding carboxylic acids is 1. The Bertz CT molecular complexity index is 635. The number of hydrogen-bond donors (Lipinski definition) is 0. The highest BCUT2D eigenvalue weighted by Crippen LogP contribution is 2.22. The molecule has 0 saturated carbocycles. The highest BCUT2D eigenvalue weighted by atomic mass is 32.3. The van der Waals surface area contributed by atoms with Crippen molar-refractivity contribution in [2.75, 3.05) is 20.3 Å². The van der Waals surface area contributed by atoms with Crippen LogP contribution in [0.15, 0.2) is 18.5 Å². The molecule has 1 aliphatic rings. The molecular weight excluding hydrogens is 315 g/mol. The number of carbonyl (C=O) groups is 1. The molecule has 9 heteroatoms. The van der Waals surface area contributed by atoms with E-state index in [9.17, 15) is 17.1 Å². The third kappa shape index (κ3) is 4.38. The van der Waals surface area contributed by atoms with Gasteiger partial charge in [-0.05, 0) is 25.3 Å². The van der Waals surface area contributed by atoms with Crippen LogP contribution in [0.2, 0.25) is 0 Å².